The fraction of sp³-hybridized carbons (Fsp3) is 0.451. The van der Waals surface area contributed by atoms with E-state index >= 15 is 17.6 Å². The summed E-state index contributed by atoms with van der Waals surface area (Å²) in [6, 6.07) is 25.8. The van der Waals surface area contributed by atoms with Crippen molar-refractivity contribution in [3.8, 4) is 22.6 Å². The minimum atomic E-state index is -4.58. The number of halogens is 4. The largest absolute Gasteiger partial charge is 0.458 e. The van der Waals surface area contributed by atoms with Gasteiger partial charge in [0.15, 0.2) is 5.75 Å². The quantitative estimate of drug-likeness (QED) is 0.0860. The number of ether oxygens (including phenoxy) is 1. The van der Waals surface area contributed by atoms with Gasteiger partial charge in [-0.05, 0) is 131 Å². The number of allylic oxidation sites excluding steroid dienone is 3. The minimum Gasteiger partial charge on any atom is -0.458 e. The van der Waals surface area contributed by atoms with Crippen molar-refractivity contribution in [1.29, 1.82) is 0 Å². The molecule has 9 rings (SSSR count). The SMILES string of the molecule is CCC1(C(F)(F)C(F)(F)C2(CC)c3cc(C4CCCCC4)ccc3C3C=CC(Oc4ccccc4)=CC32)c2cc(OOC)ccc2-c2ccc(C3CCCCC3)cc21. The van der Waals surface area contributed by atoms with Gasteiger partial charge < -0.3 is 9.62 Å². The molecule has 4 aromatic carbocycles. The lowest BCUT2D eigenvalue weighted by molar-refractivity contribution is -0.277. The maximum absolute atomic E-state index is 19.0. The van der Waals surface area contributed by atoms with Gasteiger partial charge in [0.25, 0.3) is 0 Å². The zero-order chi connectivity index (χ0) is 40.3. The highest BCUT2D eigenvalue weighted by atomic mass is 19.3. The Kier molecular flexibility index (Phi) is 10.1. The number of benzene rings is 4. The molecule has 5 aliphatic rings. The van der Waals surface area contributed by atoms with Crippen molar-refractivity contribution < 1.29 is 32.1 Å². The maximum Gasteiger partial charge on any atom is 0.324 e. The van der Waals surface area contributed by atoms with Gasteiger partial charge in [0.2, 0.25) is 0 Å². The predicted molar refractivity (Wildman–Crippen MR) is 221 cm³/mol. The lowest BCUT2D eigenvalue weighted by Gasteiger charge is -2.51. The Labute approximate surface area is 340 Å². The van der Waals surface area contributed by atoms with E-state index in [1.807, 2.05) is 60.7 Å². The van der Waals surface area contributed by atoms with Crippen molar-refractivity contribution in [3.05, 3.63) is 142 Å². The topological polar surface area (TPSA) is 27.7 Å². The van der Waals surface area contributed by atoms with E-state index in [0.717, 1.165) is 75.3 Å². The second-order valence-corrected chi connectivity index (χ2v) is 17.4. The van der Waals surface area contributed by atoms with Crippen LogP contribution in [0.4, 0.5) is 17.6 Å². The summed E-state index contributed by atoms with van der Waals surface area (Å²) in [5, 5.41) is 0. The Morgan fingerprint density at radius 2 is 1.24 bits per heavy atom. The van der Waals surface area contributed by atoms with E-state index in [9.17, 15) is 0 Å². The molecule has 0 spiro atoms. The molecule has 3 nitrogen and oxygen atoms in total. The van der Waals surface area contributed by atoms with Crippen LogP contribution in [0, 0.1) is 5.92 Å². The smallest absolute Gasteiger partial charge is 0.324 e. The van der Waals surface area contributed by atoms with E-state index in [4.69, 9.17) is 14.5 Å². The van der Waals surface area contributed by atoms with Gasteiger partial charge >= 0.3 is 11.8 Å². The van der Waals surface area contributed by atoms with Gasteiger partial charge in [-0.2, -0.15) is 22.4 Å². The number of fused-ring (bicyclic) bond motifs is 6. The molecule has 58 heavy (non-hydrogen) atoms. The minimum absolute atomic E-state index is 0.147. The van der Waals surface area contributed by atoms with Crippen LogP contribution in [0.15, 0.2) is 109 Å². The molecule has 5 aliphatic carbocycles. The van der Waals surface area contributed by atoms with Crippen molar-refractivity contribution in [1.82, 2.24) is 0 Å². The van der Waals surface area contributed by atoms with E-state index in [1.165, 1.54) is 13.2 Å². The summed E-state index contributed by atoms with van der Waals surface area (Å²) in [6.07, 6.45) is 15.4. The second-order valence-electron chi connectivity index (χ2n) is 17.4. The van der Waals surface area contributed by atoms with Gasteiger partial charge in [0.1, 0.15) is 11.5 Å². The Morgan fingerprint density at radius 3 is 1.86 bits per heavy atom. The molecular formula is C51H54F4O3. The molecule has 4 unspecified atom stereocenters. The summed E-state index contributed by atoms with van der Waals surface area (Å²) >= 11 is 0. The van der Waals surface area contributed by atoms with Gasteiger partial charge in [0, 0.05) is 11.8 Å². The summed E-state index contributed by atoms with van der Waals surface area (Å²) in [7, 11) is 1.34. The van der Waals surface area contributed by atoms with Crippen LogP contribution in [0.2, 0.25) is 0 Å². The van der Waals surface area contributed by atoms with Crippen LogP contribution in [0.1, 0.15) is 142 Å². The fourth-order valence-electron chi connectivity index (χ4n) is 12.0. The first kappa shape index (κ1) is 39.1. The summed E-state index contributed by atoms with van der Waals surface area (Å²) in [5.41, 5.74) is -0.161. The fourth-order valence-corrected chi connectivity index (χ4v) is 12.0. The third-order valence-corrected chi connectivity index (χ3v) is 14.8. The molecule has 0 heterocycles. The molecule has 0 N–H and O–H groups in total. The van der Waals surface area contributed by atoms with E-state index < -0.39 is 34.5 Å². The van der Waals surface area contributed by atoms with Gasteiger partial charge in [-0.3, -0.25) is 0 Å². The Hall–Kier alpha value is -4.36. The number of rotatable bonds is 11. The molecule has 4 aromatic rings. The molecule has 0 saturated heterocycles. The molecule has 2 fully saturated rings. The Bertz CT molecular complexity index is 2220. The highest BCUT2D eigenvalue weighted by Crippen LogP contribution is 2.70. The van der Waals surface area contributed by atoms with E-state index in [2.05, 4.69) is 6.07 Å². The number of alkyl halides is 4. The van der Waals surface area contributed by atoms with E-state index in [0.29, 0.717) is 33.8 Å². The van der Waals surface area contributed by atoms with Crippen LogP contribution < -0.4 is 9.62 Å². The first-order valence-electron chi connectivity index (χ1n) is 21.6. The zero-order valence-electron chi connectivity index (χ0n) is 33.8. The van der Waals surface area contributed by atoms with Crippen LogP contribution >= 0.6 is 0 Å². The normalized spacial score (nSPS) is 25.7. The Morgan fingerprint density at radius 1 is 0.638 bits per heavy atom. The molecule has 0 radical (unpaired) electrons. The molecule has 0 amide bonds. The average Bonchev–Trinajstić information content (AvgIpc) is 3.71. The first-order valence-corrected chi connectivity index (χ1v) is 21.6. The third kappa shape index (κ3) is 5.76. The molecule has 4 atom stereocenters. The lowest BCUT2D eigenvalue weighted by Crippen LogP contribution is -2.65. The van der Waals surface area contributed by atoms with Crippen molar-refractivity contribution in [2.24, 2.45) is 5.92 Å². The summed E-state index contributed by atoms with van der Waals surface area (Å²) < 4.78 is 82.2. The standard InChI is InChI=1S/C51H54F4O3/c1-4-48(44-29-35(33-15-9-6-10-16-33)21-25-40(44)42-27-23-38(31-46(42)48)57-37-19-13-8-14-20-37)50(52,53)51(54,55)49(5-2)45-30-36(34-17-11-7-12-18-34)22-26-41(45)43-28-24-39(58-56-3)32-47(43)49/h8,13-14,19-34,42,46H,4-7,9-12,15-18H2,1-3H3. The second kappa shape index (κ2) is 15.0. The van der Waals surface area contributed by atoms with Gasteiger partial charge in [-0.15, -0.1) is 0 Å². The zero-order valence-corrected chi connectivity index (χ0v) is 33.8. The van der Waals surface area contributed by atoms with Crippen molar-refractivity contribution in [2.45, 2.75) is 131 Å². The summed E-state index contributed by atoms with van der Waals surface area (Å²) in [5.74, 6) is -9.13. The molecule has 2 saturated carbocycles. The molecule has 7 heteroatoms. The number of hydrogen-bond acceptors (Lipinski definition) is 3. The van der Waals surface area contributed by atoms with Crippen LogP contribution in [-0.2, 0) is 15.7 Å². The van der Waals surface area contributed by atoms with Crippen LogP contribution in [0.5, 0.6) is 11.5 Å². The van der Waals surface area contributed by atoms with Crippen LogP contribution in [-0.4, -0.2) is 19.0 Å². The molecule has 304 valence electrons. The lowest BCUT2D eigenvalue weighted by atomic mass is 9.58. The van der Waals surface area contributed by atoms with Crippen molar-refractivity contribution >= 4 is 0 Å². The third-order valence-electron chi connectivity index (χ3n) is 14.8. The predicted octanol–water partition coefficient (Wildman–Crippen LogP) is 14.3. The molecule has 0 bridgehead atoms. The summed E-state index contributed by atoms with van der Waals surface area (Å²) in [4.78, 5) is 10.4. The highest BCUT2D eigenvalue weighted by molar-refractivity contribution is 5.83. The van der Waals surface area contributed by atoms with Crippen LogP contribution in [0.25, 0.3) is 11.1 Å². The van der Waals surface area contributed by atoms with Crippen LogP contribution in [0.3, 0.4) is 0 Å². The molecular weight excluding hydrogens is 737 g/mol. The van der Waals surface area contributed by atoms with Gasteiger partial charge in [-0.25, -0.2) is 0 Å². The highest BCUT2D eigenvalue weighted by Gasteiger charge is 2.80. The average molecular weight is 791 g/mol. The Balaban J connectivity index is 1.26. The first-order chi connectivity index (χ1) is 28.1. The van der Waals surface area contributed by atoms with Gasteiger partial charge in [0.05, 0.1) is 17.9 Å². The monoisotopic (exact) mass is 790 g/mol. The maximum atomic E-state index is 19.0. The number of para-hydroxylation sites is 1. The molecule has 0 aliphatic heterocycles. The van der Waals surface area contributed by atoms with E-state index in [1.54, 1.807) is 44.2 Å². The van der Waals surface area contributed by atoms with E-state index in [-0.39, 0.29) is 41.6 Å². The number of hydrogen-bond donors (Lipinski definition) is 0. The van der Waals surface area contributed by atoms with Crippen molar-refractivity contribution in [2.75, 3.05) is 7.11 Å². The van der Waals surface area contributed by atoms with Crippen molar-refractivity contribution in [3.63, 3.8) is 0 Å². The summed E-state index contributed by atoms with van der Waals surface area (Å²) in [6.45, 7) is 3.31. The van der Waals surface area contributed by atoms with Gasteiger partial charge in [-0.1, -0.05) is 119 Å². The molecule has 0 aromatic heterocycles.